The molecule has 0 spiro atoms. The topological polar surface area (TPSA) is 20.3 Å². The van der Waals surface area contributed by atoms with E-state index in [1.54, 1.807) is 0 Å². The van der Waals surface area contributed by atoms with E-state index in [2.05, 4.69) is 32.6 Å². The van der Waals surface area contributed by atoms with Crippen LogP contribution >= 0.6 is 0 Å². The number of hydrogen-bond donors (Lipinski definition) is 0. The molecule has 0 aromatic rings. The lowest BCUT2D eigenvalue weighted by Crippen LogP contribution is -2.53. The van der Waals surface area contributed by atoms with Gasteiger partial charge in [0.2, 0.25) is 0 Å². The minimum atomic E-state index is -0.157. The predicted molar refractivity (Wildman–Crippen MR) is 87.1 cm³/mol. The van der Waals surface area contributed by atoms with E-state index in [1.165, 1.54) is 32.1 Å². The minimum absolute atomic E-state index is 0.157. The number of likely N-dealkylation sites (tertiary alicyclic amines) is 1. The van der Waals surface area contributed by atoms with E-state index in [0.29, 0.717) is 11.7 Å². The van der Waals surface area contributed by atoms with Crippen LogP contribution in [0.2, 0.25) is 0 Å². The second kappa shape index (κ2) is 8.81. The van der Waals surface area contributed by atoms with Gasteiger partial charge in [-0.3, -0.25) is 9.69 Å². The molecule has 0 aromatic heterocycles. The summed E-state index contributed by atoms with van der Waals surface area (Å²) in [6, 6.07) is 0. The lowest BCUT2D eigenvalue weighted by Gasteiger charge is -2.40. The van der Waals surface area contributed by atoms with Crippen molar-refractivity contribution in [2.24, 2.45) is 5.92 Å². The fourth-order valence-corrected chi connectivity index (χ4v) is 3.81. The number of carbonyl (C=O) groups excluding carboxylic acids is 1. The molecular weight excluding hydrogens is 246 g/mol. The van der Waals surface area contributed by atoms with Gasteiger partial charge in [0.15, 0.2) is 5.78 Å². The largest absolute Gasteiger partial charge is 0.298 e. The summed E-state index contributed by atoms with van der Waals surface area (Å²) < 4.78 is 0. The average Bonchev–Trinajstić information content (AvgIpc) is 3.00. The quantitative estimate of drug-likeness (QED) is 0.572. The molecule has 1 rings (SSSR count). The Labute approximate surface area is 126 Å². The van der Waals surface area contributed by atoms with Crippen molar-refractivity contribution in [1.82, 2.24) is 4.90 Å². The number of ketones is 1. The molecule has 1 aliphatic rings. The first-order chi connectivity index (χ1) is 9.64. The second-order valence-corrected chi connectivity index (χ2v) is 6.48. The average molecular weight is 281 g/mol. The summed E-state index contributed by atoms with van der Waals surface area (Å²) in [7, 11) is 0. The first kappa shape index (κ1) is 17.7. The number of Topliss-reactive ketones (excluding diaryl/α,β-unsaturated/α-hetero) is 1. The van der Waals surface area contributed by atoms with E-state index in [9.17, 15) is 4.79 Å². The first-order valence-electron chi connectivity index (χ1n) is 8.92. The lowest BCUT2D eigenvalue weighted by molar-refractivity contribution is -0.132. The van der Waals surface area contributed by atoms with Crippen LogP contribution in [0.25, 0.3) is 0 Å². The van der Waals surface area contributed by atoms with Gasteiger partial charge in [0.1, 0.15) is 0 Å². The highest BCUT2D eigenvalue weighted by Crippen LogP contribution is 2.32. The number of carbonyl (C=O) groups is 1. The summed E-state index contributed by atoms with van der Waals surface area (Å²) in [5.74, 6) is 1.12. The summed E-state index contributed by atoms with van der Waals surface area (Å²) in [6.45, 7) is 11.1. The summed E-state index contributed by atoms with van der Waals surface area (Å²) in [4.78, 5) is 15.5. The molecule has 2 nitrogen and oxygen atoms in total. The monoisotopic (exact) mass is 281 g/mol. The third-order valence-electron chi connectivity index (χ3n) is 5.42. The van der Waals surface area contributed by atoms with Crippen LogP contribution in [0.15, 0.2) is 0 Å². The van der Waals surface area contributed by atoms with Crippen LogP contribution in [0, 0.1) is 5.92 Å². The Morgan fingerprint density at radius 1 is 1.10 bits per heavy atom. The van der Waals surface area contributed by atoms with Crippen molar-refractivity contribution in [3.05, 3.63) is 0 Å². The van der Waals surface area contributed by atoms with Crippen molar-refractivity contribution in [2.75, 3.05) is 13.1 Å². The third-order valence-corrected chi connectivity index (χ3v) is 5.42. The molecule has 1 fully saturated rings. The van der Waals surface area contributed by atoms with Crippen LogP contribution in [0.4, 0.5) is 0 Å². The standard InChI is InChI=1S/C18H35NO/c1-5-9-12-16(6-2)15-17(20)18(7-3,8-4)19-13-10-11-14-19/h16H,5-15H2,1-4H3. The van der Waals surface area contributed by atoms with E-state index in [0.717, 1.165) is 38.8 Å². The van der Waals surface area contributed by atoms with Crippen molar-refractivity contribution >= 4 is 5.78 Å². The molecule has 118 valence electrons. The molecule has 0 N–H and O–H groups in total. The van der Waals surface area contributed by atoms with Crippen LogP contribution in [-0.2, 0) is 4.79 Å². The predicted octanol–water partition coefficient (Wildman–Crippen LogP) is 4.82. The van der Waals surface area contributed by atoms with Crippen molar-refractivity contribution in [1.29, 1.82) is 0 Å². The van der Waals surface area contributed by atoms with Gasteiger partial charge in [-0.25, -0.2) is 0 Å². The maximum Gasteiger partial charge on any atom is 0.153 e. The first-order valence-corrected chi connectivity index (χ1v) is 8.92. The van der Waals surface area contributed by atoms with Crippen molar-refractivity contribution in [3.8, 4) is 0 Å². The van der Waals surface area contributed by atoms with Gasteiger partial charge in [0, 0.05) is 6.42 Å². The number of unbranched alkanes of at least 4 members (excludes halogenated alkanes) is 1. The number of nitrogens with zero attached hydrogens (tertiary/aromatic N) is 1. The number of hydrogen-bond acceptors (Lipinski definition) is 2. The highest BCUT2D eigenvalue weighted by atomic mass is 16.1. The summed E-state index contributed by atoms with van der Waals surface area (Å²) in [6.07, 6.45) is 10.2. The van der Waals surface area contributed by atoms with Gasteiger partial charge < -0.3 is 0 Å². The van der Waals surface area contributed by atoms with E-state index in [1.807, 2.05) is 0 Å². The van der Waals surface area contributed by atoms with Gasteiger partial charge in [-0.15, -0.1) is 0 Å². The maximum absolute atomic E-state index is 13.0. The van der Waals surface area contributed by atoms with Gasteiger partial charge in [0.05, 0.1) is 5.54 Å². The molecule has 1 heterocycles. The van der Waals surface area contributed by atoms with Gasteiger partial charge in [0.25, 0.3) is 0 Å². The zero-order valence-corrected chi connectivity index (χ0v) is 14.2. The van der Waals surface area contributed by atoms with E-state index >= 15 is 0 Å². The molecule has 0 aliphatic carbocycles. The van der Waals surface area contributed by atoms with Gasteiger partial charge in [-0.05, 0) is 44.7 Å². The van der Waals surface area contributed by atoms with Crippen LogP contribution in [0.1, 0.15) is 85.5 Å². The molecule has 0 amide bonds. The SMILES string of the molecule is CCCCC(CC)CC(=O)C(CC)(CC)N1CCCC1. The van der Waals surface area contributed by atoms with Gasteiger partial charge >= 0.3 is 0 Å². The van der Waals surface area contributed by atoms with Crippen molar-refractivity contribution < 1.29 is 4.79 Å². The Bertz CT molecular complexity index is 277. The maximum atomic E-state index is 13.0. The highest BCUT2D eigenvalue weighted by molar-refractivity contribution is 5.88. The van der Waals surface area contributed by atoms with E-state index in [-0.39, 0.29) is 5.54 Å². The van der Waals surface area contributed by atoms with Crippen LogP contribution in [0.5, 0.6) is 0 Å². The molecule has 1 atom stereocenters. The van der Waals surface area contributed by atoms with Crippen LogP contribution in [0.3, 0.4) is 0 Å². The third kappa shape index (κ3) is 4.07. The summed E-state index contributed by atoms with van der Waals surface area (Å²) in [5.41, 5.74) is -0.157. The Hall–Kier alpha value is -0.370. The molecule has 1 unspecified atom stereocenters. The normalized spacial score (nSPS) is 18.4. The molecule has 1 aliphatic heterocycles. The van der Waals surface area contributed by atoms with Crippen molar-refractivity contribution in [3.63, 3.8) is 0 Å². The Kier molecular flexibility index (Phi) is 7.79. The number of rotatable bonds is 10. The molecular formula is C18H35NO. The summed E-state index contributed by atoms with van der Waals surface area (Å²) >= 11 is 0. The smallest absolute Gasteiger partial charge is 0.153 e. The Balaban J connectivity index is 2.72. The minimum Gasteiger partial charge on any atom is -0.298 e. The second-order valence-electron chi connectivity index (χ2n) is 6.48. The fourth-order valence-electron chi connectivity index (χ4n) is 3.81. The van der Waals surface area contributed by atoms with Crippen LogP contribution in [-0.4, -0.2) is 29.3 Å². The molecule has 2 heteroatoms. The molecule has 1 saturated heterocycles. The Morgan fingerprint density at radius 3 is 2.15 bits per heavy atom. The van der Waals surface area contributed by atoms with E-state index < -0.39 is 0 Å². The molecule has 0 aromatic carbocycles. The molecule has 20 heavy (non-hydrogen) atoms. The zero-order chi connectivity index (χ0) is 15.0. The van der Waals surface area contributed by atoms with Crippen molar-refractivity contribution in [2.45, 2.75) is 91.0 Å². The van der Waals surface area contributed by atoms with Gasteiger partial charge in [-0.2, -0.15) is 0 Å². The molecule has 0 radical (unpaired) electrons. The summed E-state index contributed by atoms with van der Waals surface area (Å²) in [5, 5.41) is 0. The van der Waals surface area contributed by atoms with Gasteiger partial charge in [-0.1, -0.05) is 53.4 Å². The molecule has 0 bridgehead atoms. The Morgan fingerprint density at radius 2 is 1.70 bits per heavy atom. The van der Waals surface area contributed by atoms with Crippen LogP contribution < -0.4 is 0 Å². The van der Waals surface area contributed by atoms with E-state index in [4.69, 9.17) is 0 Å². The zero-order valence-electron chi connectivity index (χ0n) is 14.2. The fraction of sp³-hybridized carbons (Fsp3) is 0.944. The lowest BCUT2D eigenvalue weighted by atomic mass is 9.80. The highest BCUT2D eigenvalue weighted by Gasteiger charge is 2.41. The molecule has 0 saturated carbocycles.